The standard InChI is InChI=1S/C15H16O3/c1-4-5-11-18-14(12(2)15(16)17-3)13-9-7-6-8-10-13/h1,6-10,14H,2,5,11H2,3H3. The average molecular weight is 244 g/mol. The molecule has 1 aromatic carbocycles. The summed E-state index contributed by atoms with van der Waals surface area (Å²) >= 11 is 0. The molecule has 1 atom stereocenters. The Balaban J connectivity index is 2.85. The molecule has 0 fully saturated rings. The Morgan fingerprint density at radius 2 is 2.11 bits per heavy atom. The zero-order valence-corrected chi connectivity index (χ0v) is 10.4. The molecule has 3 heteroatoms. The van der Waals surface area contributed by atoms with Gasteiger partial charge in [-0.05, 0) is 5.56 Å². The van der Waals surface area contributed by atoms with E-state index in [-0.39, 0.29) is 5.57 Å². The van der Waals surface area contributed by atoms with E-state index in [1.807, 2.05) is 30.3 Å². The molecular weight excluding hydrogens is 228 g/mol. The van der Waals surface area contributed by atoms with Crippen LogP contribution in [-0.2, 0) is 14.3 Å². The molecule has 0 N–H and O–H groups in total. The van der Waals surface area contributed by atoms with Gasteiger partial charge in [0.15, 0.2) is 0 Å². The molecule has 0 aliphatic heterocycles. The van der Waals surface area contributed by atoms with Gasteiger partial charge < -0.3 is 9.47 Å². The summed E-state index contributed by atoms with van der Waals surface area (Å²) < 4.78 is 10.3. The molecule has 1 rings (SSSR count). The van der Waals surface area contributed by atoms with Gasteiger partial charge in [-0.2, -0.15) is 0 Å². The van der Waals surface area contributed by atoms with Crippen LogP contribution < -0.4 is 0 Å². The van der Waals surface area contributed by atoms with Crippen LogP contribution in [0.15, 0.2) is 42.5 Å². The Morgan fingerprint density at radius 3 is 2.67 bits per heavy atom. The predicted octanol–water partition coefficient (Wildman–Crippen LogP) is 2.50. The van der Waals surface area contributed by atoms with E-state index in [4.69, 9.17) is 11.2 Å². The molecule has 0 spiro atoms. The predicted molar refractivity (Wildman–Crippen MR) is 69.7 cm³/mol. The molecule has 0 radical (unpaired) electrons. The average Bonchev–Trinajstić information content (AvgIpc) is 2.43. The highest BCUT2D eigenvalue weighted by Crippen LogP contribution is 2.25. The van der Waals surface area contributed by atoms with Gasteiger partial charge in [0.1, 0.15) is 6.10 Å². The van der Waals surface area contributed by atoms with Crippen LogP contribution in [0, 0.1) is 12.3 Å². The fraction of sp³-hybridized carbons (Fsp3) is 0.267. The summed E-state index contributed by atoms with van der Waals surface area (Å²) in [5.74, 6) is 2.00. The van der Waals surface area contributed by atoms with Crippen molar-refractivity contribution in [2.75, 3.05) is 13.7 Å². The highest BCUT2D eigenvalue weighted by molar-refractivity contribution is 5.89. The van der Waals surface area contributed by atoms with Crippen LogP contribution >= 0.6 is 0 Å². The van der Waals surface area contributed by atoms with E-state index in [0.29, 0.717) is 13.0 Å². The normalized spacial score (nSPS) is 11.3. The Morgan fingerprint density at radius 1 is 1.44 bits per heavy atom. The first-order valence-electron chi connectivity index (χ1n) is 5.57. The van der Waals surface area contributed by atoms with Crippen molar-refractivity contribution in [2.45, 2.75) is 12.5 Å². The Labute approximate surface area is 107 Å². The fourth-order valence-electron chi connectivity index (χ4n) is 1.50. The molecule has 94 valence electrons. The number of terminal acetylenes is 1. The molecule has 18 heavy (non-hydrogen) atoms. The molecule has 0 aliphatic carbocycles. The first kappa shape index (κ1) is 14.0. The maximum absolute atomic E-state index is 11.5. The Kier molecular flexibility index (Phi) is 5.69. The number of rotatable bonds is 6. The molecule has 0 saturated heterocycles. The van der Waals surface area contributed by atoms with E-state index >= 15 is 0 Å². The topological polar surface area (TPSA) is 35.5 Å². The number of carbonyl (C=O) groups is 1. The molecule has 0 heterocycles. The van der Waals surface area contributed by atoms with Crippen LogP contribution in [-0.4, -0.2) is 19.7 Å². The third kappa shape index (κ3) is 3.76. The maximum atomic E-state index is 11.5. The third-order valence-electron chi connectivity index (χ3n) is 2.40. The lowest BCUT2D eigenvalue weighted by Crippen LogP contribution is -2.15. The molecule has 1 unspecified atom stereocenters. The van der Waals surface area contributed by atoms with Gasteiger partial charge in [0.05, 0.1) is 19.3 Å². The number of esters is 1. The van der Waals surface area contributed by atoms with Crippen molar-refractivity contribution in [1.29, 1.82) is 0 Å². The Hall–Kier alpha value is -2.05. The lowest BCUT2D eigenvalue weighted by atomic mass is 10.0. The maximum Gasteiger partial charge on any atom is 0.336 e. The zero-order valence-electron chi connectivity index (χ0n) is 10.4. The minimum absolute atomic E-state index is 0.265. The van der Waals surface area contributed by atoms with Gasteiger partial charge in [-0.15, -0.1) is 12.3 Å². The van der Waals surface area contributed by atoms with Crippen molar-refractivity contribution >= 4 is 5.97 Å². The van der Waals surface area contributed by atoms with E-state index in [0.717, 1.165) is 5.56 Å². The molecular formula is C15H16O3. The summed E-state index contributed by atoms with van der Waals surface area (Å²) in [5, 5.41) is 0. The van der Waals surface area contributed by atoms with Gasteiger partial charge in [-0.25, -0.2) is 4.79 Å². The van der Waals surface area contributed by atoms with E-state index in [1.54, 1.807) is 0 Å². The summed E-state index contributed by atoms with van der Waals surface area (Å²) in [5.41, 5.74) is 1.12. The number of methoxy groups -OCH3 is 1. The first-order chi connectivity index (χ1) is 8.70. The summed E-state index contributed by atoms with van der Waals surface area (Å²) in [6, 6.07) is 9.38. The van der Waals surface area contributed by atoms with Crippen molar-refractivity contribution in [1.82, 2.24) is 0 Å². The summed E-state index contributed by atoms with van der Waals surface area (Å²) in [7, 11) is 1.32. The van der Waals surface area contributed by atoms with Gasteiger partial charge in [0, 0.05) is 6.42 Å². The number of hydrogen-bond donors (Lipinski definition) is 0. The summed E-state index contributed by atoms with van der Waals surface area (Å²) in [4.78, 5) is 11.5. The van der Waals surface area contributed by atoms with Crippen molar-refractivity contribution in [3.05, 3.63) is 48.0 Å². The van der Waals surface area contributed by atoms with Crippen molar-refractivity contribution in [3.8, 4) is 12.3 Å². The highest BCUT2D eigenvalue weighted by Gasteiger charge is 2.21. The van der Waals surface area contributed by atoms with Gasteiger partial charge in [-0.3, -0.25) is 0 Å². The van der Waals surface area contributed by atoms with E-state index in [2.05, 4.69) is 17.2 Å². The van der Waals surface area contributed by atoms with Crippen molar-refractivity contribution in [3.63, 3.8) is 0 Å². The monoisotopic (exact) mass is 244 g/mol. The van der Waals surface area contributed by atoms with Gasteiger partial charge in [0.25, 0.3) is 0 Å². The van der Waals surface area contributed by atoms with Crippen LogP contribution in [0.1, 0.15) is 18.1 Å². The third-order valence-corrected chi connectivity index (χ3v) is 2.40. The molecule has 3 nitrogen and oxygen atoms in total. The largest absolute Gasteiger partial charge is 0.466 e. The number of hydrogen-bond acceptors (Lipinski definition) is 3. The van der Waals surface area contributed by atoms with Gasteiger partial charge in [0.2, 0.25) is 0 Å². The van der Waals surface area contributed by atoms with E-state index in [9.17, 15) is 4.79 Å². The SMILES string of the molecule is C#CCCOC(C(=C)C(=O)OC)c1ccccc1. The van der Waals surface area contributed by atoms with Crippen LogP contribution in [0.4, 0.5) is 0 Å². The van der Waals surface area contributed by atoms with Crippen LogP contribution in [0.5, 0.6) is 0 Å². The van der Waals surface area contributed by atoms with Crippen LogP contribution in [0.2, 0.25) is 0 Å². The molecule has 0 amide bonds. The smallest absolute Gasteiger partial charge is 0.336 e. The fourth-order valence-corrected chi connectivity index (χ4v) is 1.50. The lowest BCUT2D eigenvalue weighted by Gasteiger charge is -2.18. The molecule has 1 aromatic rings. The van der Waals surface area contributed by atoms with Crippen LogP contribution in [0.3, 0.4) is 0 Å². The number of ether oxygens (including phenoxy) is 2. The minimum atomic E-state index is -0.521. The molecule has 0 bridgehead atoms. The lowest BCUT2D eigenvalue weighted by molar-refractivity contribution is -0.137. The molecule has 0 aromatic heterocycles. The first-order valence-corrected chi connectivity index (χ1v) is 5.57. The zero-order chi connectivity index (χ0) is 13.4. The van der Waals surface area contributed by atoms with Gasteiger partial charge >= 0.3 is 5.97 Å². The highest BCUT2D eigenvalue weighted by atomic mass is 16.5. The van der Waals surface area contributed by atoms with Gasteiger partial charge in [-0.1, -0.05) is 36.9 Å². The van der Waals surface area contributed by atoms with E-state index < -0.39 is 12.1 Å². The van der Waals surface area contributed by atoms with Crippen LogP contribution in [0.25, 0.3) is 0 Å². The Bertz CT molecular complexity index is 443. The summed E-state index contributed by atoms with van der Waals surface area (Å²) in [6.45, 7) is 4.10. The summed E-state index contributed by atoms with van der Waals surface area (Å²) in [6.07, 6.45) is 5.13. The number of benzene rings is 1. The quantitative estimate of drug-likeness (QED) is 0.334. The second kappa shape index (κ2) is 7.31. The van der Waals surface area contributed by atoms with E-state index in [1.165, 1.54) is 7.11 Å². The molecule has 0 saturated carbocycles. The van der Waals surface area contributed by atoms with Crippen molar-refractivity contribution < 1.29 is 14.3 Å². The van der Waals surface area contributed by atoms with Crippen molar-refractivity contribution in [2.24, 2.45) is 0 Å². The second-order valence-electron chi connectivity index (χ2n) is 3.63. The molecule has 0 aliphatic rings. The number of carbonyl (C=O) groups excluding carboxylic acids is 1. The second-order valence-corrected chi connectivity index (χ2v) is 3.63. The minimum Gasteiger partial charge on any atom is -0.466 e.